The van der Waals surface area contributed by atoms with Crippen LogP contribution in [0.5, 0.6) is 0 Å². The number of benzene rings is 1. The molecule has 1 aromatic rings. The van der Waals surface area contributed by atoms with Gasteiger partial charge in [-0.1, -0.05) is 0 Å². The van der Waals surface area contributed by atoms with Crippen LogP contribution in [0.4, 0.5) is 13.2 Å². The van der Waals surface area contributed by atoms with Crippen molar-refractivity contribution in [1.29, 1.82) is 0 Å². The van der Waals surface area contributed by atoms with Crippen molar-refractivity contribution in [2.24, 2.45) is 0 Å². The molecule has 0 aliphatic carbocycles. The molecule has 0 aliphatic rings. The monoisotopic (exact) mass is 202 g/mol. The van der Waals surface area contributed by atoms with Crippen molar-refractivity contribution in [3.63, 3.8) is 0 Å². The molecular formula is C9H5F3O2. The van der Waals surface area contributed by atoms with Gasteiger partial charge in [-0.2, -0.15) is 0 Å². The second kappa shape index (κ2) is 4.04. The van der Waals surface area contributed by atoms with Crippen molar-refractivity contribution in [3.8, 4) is 0 Å². The summed E-state index contributed by atoms with van der Waals surface area (Å²) in [6, 6.07) is 1.30. The number of alkyl halides is 2. The molecule has 0 atom stereocenters. The van der Waals surface area contributed by atoms with E-state index in [0.29, 0.717) is 12.1 Å². The first-order chi connectivity index (χ1) is 6.60. The molecule has 0 fully saturated rings. The minimum Gasteiger partial charge on any atom is -0.298 e. The molecule has 1 aromatic carbocycles. The van der Waals surface area contributed by atoms with Crippen molar-refractivity contribution in [2.75, 3.05) is 0 Å². The Balaban J connectivity index is 3.39. The van der Waals surface area contributed by atoms with Gasteiger partial charge in [0.05, 0.1) is 5.56 Å². The minimum absolute atomic E-state index is 0.121. The van der Waals surface area contributed by atoms with Crippen LogP contribution in [-0.2, 0) is 0 Å². The molecular weight excluding hydrogens is 197 g/mol. The maximum absolute atomic E-state index is 12.8. The van der Waals surface area contributed by atoms with Crippen LogP contribution in [0.3, 0.4) is 0 Å². The molecule has 5 heteroatoms. The largest absolute Gasteiger partial charge is 0.298 e. The molecule has 74 valence electrons. The first-order valence-electron chi connectivity index (χ1n) is 3.62. The average Bonchev–Trinajstić information content (AvgIpc) is 2.16. The van der Waals surface area contributed by atoms with Gasteiger partial charge < -0.3 is 0 Å². The quantitative estimate of drug-likeness (QED) is 0.705. The van der Waals surface area contributed by atoms with E-state index in [0.717, 1.165) is 0 Å². The van der Waals surface area contributed by atoms with Crippen LogP contribution in [0.15, 0.2) is 12.1 Å². The van der Waals surface area contributed by atoms with E-state index in [1.807, 2.05) is 0 Å². The Morgan fingerprint density at radius 2 is 1.64 bits per heavy atom. The summed E-state index contributed by atoms with van der Waals surface area (Å²) in [5.41, 5.74) is -1.56. The highest BCUT2D eigenvalue weighted by Gasteiger charge is 2.16. The Hall–Kier alpha value is -1.65. The van der Waals surface area contributed by atoms with Crippen LogP contribution in [0, 0.1) is 5.82 Å². The summed E-state index contributed by atoms with van der Waals surface area (Å²) in [6.07, 6.45) is -2.66. The van der Waals surface area contributed by atoms with Gasteiger partial charge >= 0.3 is 0 Å². The van der Waals surface area contributed by atoms with Gasteiger partial charge in [0.2, 0.25) is 0 Å². The summed E-state index contributed by atoms with van der Waals surface area (Å²) < 4.78 is 37.4. The number of halogens is 3. The van der Waals surface area contributed by atoms with E-state index in [4.69, 9.17) is 0 Å². The van der Waals surface area contributed by atoms with Crippen LogP contribution >= 0.6 is 0 Å². The van der Waals surface area contributed by atoms with Crippen molar-refractivity contribution in [3.05, 3.63) is 34.6 Å². The Morgan fingerprint density at radius 3 is 2.07 bits per heavy atom. The highest BCUT2D eigenvalue weighted by Crippen LogP contribution is 2.24. The van der Waals surface area contributed by atoms with Gasteiger partial charge in [-0.05, 0) is 12.1 Å². The lowest BCUT2D eigenvalue weighted by Gasteiger charge is -2.04. The maximum atomic E-state index is 12.8. The molecule has 0 saturated carbocycles. The fourth-order valence-corrected chi connectivity index (χ4v) is 1.00. The zero-order valence-electron chi connectivity index (χ0n) is 6.84. The van der Waals surface area contributed by atoms with Crippen LogP contribution in [0.25, 0.3) is 0 Å². The number of carbonyl (C=O) groups is 2. The van der Waals surface area contributed by atoms with Gasteiger partial charge in [0.15, 0.2) is 12.6 Å². The molecule has 0 spiro atoms. The molecule has 2 nitrogen and oxygen atoms in total. The van der Waals surface area contributed by atoms with Gasteiger partial charge in [-0.25, -0.2) is 13.2 Å². The SMILES string of the molecule is O=Cc1cc(C(F)F)c(C=O)cc1F. The van der Waals surface area contributed by atoms with E-state index in [9.17, 15) is 22.8 Å². The molecule has 0 heterocycles. The third-order valence-electron chi connectivity index (χ3n) is 1.69. The Bertz CT molecular complexity index is 375. The Morgan fingerprint density at radius 1 is 1.07 bits per heavy atom. The standard InChI is InChI=1S/C9H5F3O2/c10-8-2-5(3-13)7(9(11)12)1-6(8)4-14/h1-4,9H. The van der Waals surface area contributed by atoms with Crippen molar-refractivity contribution < 1.29 is 22.8 Å². The third-order valence-corrected chi connectivity index (χ3v) is 1.69. The van der Waals surface area contributed by atoms with Gasteiger partial charge in [0.25, 0.3) is 6.43 Å². The first-order valence-corrected chi connectivity index (χ1v) is 3.62. The topological polar surface area (TPSA) is 34.1 Å². The second-order valence-electron chi connectivity index (χ2n) is 2.54. The summed E-state index contributed by atoms with van der Waals surface area (Å²) in [4.78, 5) is 20.5. The summed E-state index contributed by atoms with van der Waals surface area (Å²) in [5, 5.41) is 0. The molecule has 1 rings (SSSR count). The van der Waals surface area contributed by atoms with E-state index in [1.54, 1.807) is 0 Å². The Labute approximate surface area is 77.3 Å². The van der Waals surface area contributed by atoms with E-state index in [-0.39, 0.29) is 12.6 Å². The second-order valence-corrected chi connectivity index (χ2v) is 2.54. The van der Waals surface area contributed by atoms with Gasteiger partial charge in [-0.15, -0.1) is 0 Å². The van der Waals surface area contributed by atoms with Crippen LogP contribution in [0.1, 0.15) is 32.7 Å². The molecule has 0 unspecified atom stereocenters. The predicted molar refractivity (Wildman–Crippen MR) is 42.1 cm³/mol. The highest BCUT2D eigenvalue weighted by atomic mass is 19.3. The normalized spacial score (nSPS) is 10.3. The number of carbonyl (C=O) groups excluding carboxylic acids is 2. The molecule has 0 radical (unpaired) electrons. The maximum Gasteiger partial charge on any atom is 0.264 e. The lowest BCUT2D eigenvalue weighted by Crippen LogP contribution is -1.98. The molecule has 0 amide bonds. The average molecular weight is 202 g/mol. The number of hydrogen-bond acceptors (Lipinski definition) is 2. The van der Waals surface area contributed by atoms with Gasteiger partial charge in [0.1, 0.15) is 5.82 Å². The van der Waals surface area contributed by atoms with Crippen molar-refractivity contribution in [2.45, 2.75) is 6.43 Å². The first kappa shape index (κ1) is 10.4. The fraction of sp³-hybridized carbons (Fsp3) is 0.111. The van der Waals surface area contributed by atoms with E-state index in [2.05, 4.69) is 0 Å². The van der Waals surface area contributed by atoms with Crippen molar-refractivity contribution in [1.82, 2.24) is 0 Å². The highest BCUT2D eigenvalue weighted by molar-refractivity contribution is 5.82. The van der Waals surface area contributed by atoms with Crippen LogP contribution < -0.4 is 0 Å². The molecule has 0 aliphatic heterocycles. The molecule has 0 bridgehead atoms. The minimum atomic E-state index is -2.91. The van der Waals surface area contributed by atoms with E-state index in [1.165, 1.54) is 0 Å². The van der Waals surface area contributed by atoms with E-state index < -0.39 is 28.9 Å². The summed E-state index contributed by atoms with van der Waals surface area (Å²) in [7, 11) is 0. The smallest absolute Gasteiger partial charge is 0.264 e. The van der Waals surface area contributed by atoms with Gasteiger partial charge in [0, 0.05) is 11.1 Å². The zero-order valence-corrected chi connectivity index (χ0v) is 6.84. The number of rotatable bonds is 3. The van der Waals surface area contributed by atoms with E-state index >= 15 is 0 Å². The Kier molecular flexibility index (Phi) is 3.01. The van der Waals surface area contributed by atoms with Crippen molar-refractivity contribution >= 4 is 12.6 Å². The lowest BCUT2D eigenvalue weighted by molar-refractivity contribution is 0.109. The lowest BCUT2D eigenvalue weighted by atomic mass is 10.1. The number of aldehydes is 2. The molecule has 0 aromatic heterocycles. The zero-order chi connectivity index (χ0) is 10.7. The summed E-state index contributed by atoms with van der Waals surface area (Å²) in [5.74, 6) is -0.980. The molecule has 0 saturated heterocycles. The van der Waals surface area contributed by atoms with Gasteiger partial charge in [-0.3, -0.25) is 9.59 Å². The number of hydrogen-bond donors (Lipinski definition) is 0. The predicted octanol–water partition coefficient (Wildman–Crippen LogP) is 2.39. The fourth-order valence-electron chi connectivity index (χ4n) is 1.00. The third kappa shape index (κ3) is 1.81. The molecule has 14 heavy (non-hydrogen) atoms. The van der Waals surface area contributed by atoms with Crippen LogP contribution in [-0.4, -0.2) is 12.6 Å². The molecule has 0 N–H and O–H groups in total. The summed E-state index contributed by atoms with van der Waals surface area (Å²) in [6.45, 7) is 0. The van der Waals surface area contributed by atoms with Crippen LogP contribution in [0.2, 0.25) is 0 Å². The summed E-state index contributed by atoms with van der Waals surface area (Å²) >= 11 is 0.